The molecule has 0 aliphatic rings. The Kier molecular flexibility index (Phi) is 4.16. The highest BCUT2D eigenvalue weighted by Crippen LogP contribution is 2.14. The SMILES string of the molecule is CC(C)N(C(=O)[Si](C)(C)C)C(C)C. The number of carbonyl (C=O) groups excluding carboxylic acids is 1. The molecule has 0 N–H and O–H groups in total. The van der Waals surface area contributed by atoms with E-state index in [1.165, 1.54) is 0 Å². The molecule has 0 bridgehead atoms. The van der Waals surface area contributed by atoms with Gasteiger partial charge in [-0.25, -0.2) is 0 Å². The van der Waals surface area contributed by atoms with Crippen LogP contribution in [-0.4, -0.2) is 30.6 Å². The number of amides is 1. The summed E-state index contributed by atoms with van der Waals surface area (Å²) in [5.41, 5.74) is 0.373. The second kappa shape index (κ2) is 4.27. The third kappa shape index (κ3) is 3.51. The van der Waals surface area contributed by atoms with Crippen LogP contribution in [0.1, 0.15) is 27.7 Å². The molecular formula is C10H23NOSi. The molecule has 3 heteroatoms. The molecule has 2 nitrogen and oxygen atoms in total. The van der Waals surface area contributed by atoms with Gasteiger partial charge in [0.25, 0.3) is 0 Å². The molecule has 0 aromatic carbocycles. The van der Waals surface area contributed by atoms with Crippen LogP contribution < -0.4 is 0 Å². The van der Waals surface area contributed by atoms with E-state index in [4.69, 9.17) is 0 Å². The van der Waals surface area contributed by atoms with Crippen LogP contribution in [0.25, 0.3) is 0 Å². The molecule has 0 aliphatic heterocycles. The first-order chi connectivity index (χ1) is 5.68. The highest BCUT2D eigenvalue weighted by Gasteiger charge is 2.31. The van der Waals surface area contributed by atoms with E-state index in [-0.39, 0.29) is 0 Å². The van der Waals surface area contributed by atoms with Crippen molar-refractivity contribution in [3.63, 3.8) is 0 Å². The van der Waals surface area contributed by atoms with E-state index < -0.39 is 8.07 Å². The Morgan fingerprint density at radius 3 is 1.38 bits per heavy atom. The van der Waals surface area contributed by atoms with E-state index in [1.807, 2.05) is 4.90 Å². The maximum Gasteiger partial charge on any atom is 0.194 e. The zero-order valence-corrected chi connectivity index (χ0v) is 11.0. The quantitative estimate of drug-likeness (QED) is 0.642. The van der Waals surface area contributed by atoms with Gasteiger partial charge in [-0.05, 0) is 27.7 Å². The summed E-state index contributed by atoms with van der Waals surface area (Å²) in [6.45, 7) is 14.6. The summed E-state index contributed by atoms with van der Waals surface area (Å²) in [6, 6.07) is 0.637. The molecule has 0 fully saturated rings. The summed E-state index contributed by atoms with van der Waals surface area (Å²) in [6.07, 6.45) is 0. The third-order valence-corrected chi connectivity index (χ3v) is 3.53. The maximum atomic E-state index is 12.0. The van der Waals surface area contributed by atoms with Gasteiger partial charge in [0.1, 0.15) is 0 Å². The minimum atomic E-state index is -1.66. The average Bonchev–Trinajstić information content (AvgIpc) is 1.82. The van der Waals surface area contributed by atoms with Gasteiger partial charge in [0.15, 0.2) is 13.6 Å². The molecule has 1 amide bonds. The fourth-order valence-corrected chi connectivity index (χ4v) is 2.74. The van der Waals surface area contributed by atoms with Gasteiger partial charge in [0.2, 0.25) is 0 Å². The number of rotatable bonds is 3. The number of nitrogens with zero attached hydrogens (tertiary/aromatic N) is 1. The van der Waals surface area contributed by atoms with Crippen LogP contribution >= 0.6 is 0 Å². The molecule has 0 rings (SSSR count). The van der Waals surface area contributed by atoms with Crippen molar-refractivity contribution in [2.45, 2.75) is 59.4 Å². The molecule has 0 saturated heterocycles. The van der Waals surface area contributed by atoms with Crippen LogP contribution in [0.15, 0.2) is 0 Å². The van der Waals surface area contributed by atoms with Gasteiger partial charge in [0.05, 0.1) is 0 Å². The summed E-state index contributed by atoms with van der Waals surface area (Å²) in [5, 5.41) is 0. The van der Waals surface area contributed by atoms with Crippen molar-refractivity contribution < 1.29 is 4.79 Å². The molecule has 0 radical (unpaired) electrons. The van der Waals surface area contributed by atoms with E-state index in [1.54, 1.807) is 0 Å². The number of hydrogen-bond acceptors (Lipinski definition) is 1. The summed E-state index contributed by atoms with van der Waals surface area (Å²) < 4.78 is 0. The van der Waals surface area contributed by atoms with Gasteiger partial charge in [-0.3, -0.25) is 4.79 Å². The minimum Gasteiger partial charge on any atom is -0.342 e. The molecule has 0 aliphatic carbocycles. The maximum absolute atomic E-state index is 12.0. The monoisotopic (exact) mass is 201 g/mol. The van der Waals surface area contributed by atoms with Crippen LogP contribution in [0.4, 0.5) is 4.79 Å². The minimum absolute atomic E-state index is 0.319. The summed E-state index contributed by atoms with van der Waals surface area (Å²) in [4.78, 5) is 14.0. The van der Waals surface area contributed by atoms with Crippen molar-refractivity contribution >= 4 is 13.6 Å². The molecule has 78 valence electrons. The van der Waals surface area contributed by atoms with E-state index in [0.29, 0.717) is 17.6 Å². The van der Waals surface area contributed by atoms with Crippen LogP contribution in [0.5, 0.6) is 0 Å². The van der Waals surface area contributed by atoms with Gasteiger partial charge >= 0.3 is 0 Å². The van der Waals surface area contributed by atoms with Crippen LogP contribution in [0.3, 0.4) is 0 Å². The molecule has 13 heavy (non-hydrogen) atoms. The number of hydrogen-bond donors (Lipinski definition) is 0. The lowest BCUT2D eigenvalue weighted by molar-refractivity contribution is 0.186. The molecule has 0 aromatic rings. The van der Waals surface area contributed by atoms with Gasteiger partial charge in [-0.15, -0.1) is 0 Å². The van der Waals surface area contributed by atoms with Crippen molar-refractivity contribution in [1.82, 2.24) is 4.90 Å². The molecular weight excluding hydrogens is 178 g/mol. The van der Waals surface area contributed by atoms with E-state index >= 15 is 0 Å². The lowest BCUT2D eigenvalue weighted by Crippen LogP contribution is -2.51. The van der Waals surface area contributed by atoms with E-state index in [0.717, 1.165) is 0 Å². The normalized spacial score (nSPS) is 12.4. The van der Waals surface area contributed by atoms with Crippen molar-refractivity contribution in [2.24, 2.45) is 0 Å². The third-order valence-electron chi connectivity index (χ3n) is 1.99. The first kappa shape index (κ1) is 12.7. The Hall–Kier alpha value is -0.313. The van der Waals surface area contributed by atoms with Gasteiger partial charge in [-0.1, -0.05) is 19.6 Å². The largest absolute Gasteiger partial charge is 0.342 e. The lowest BCUT2D eigenvalue weighted by atomic mass is 10.2. The Labute approximate surface area is 83.3 Å². The molecule has 0 saturated carbocycles. The highest BCUT2D eigenvalue weighted by atomic mass is 28.3. The van der Waals surface area contributed by atoms with E-state index in [9.17, 15) is 4.79 Å². The highest BCUT2D eigenvalue weighted by molar-refractivity contribution is 7.03. The Morgan fingerprint density at radius 2 is 1.31 bits per heavy atom. The predicted molar refractivity (Wildman–Crippen MR) is 60.9 cm³/mol. The standard InChI is InChI=1S/C10H23NOSi/c1-8(2)11(9(3)4)10(12)13(5,6)7/h8-9H,1-7H3. The first-order valence-electron chi connectivity index (χ1n) is 5.00. The van der Waals surface area contributed by atoms with Crippen LogP contribution in [-0.2, 0) is 0 Å². The zero-order chi connectivity index (χ0) is 10.8. The summed E-state index contributed by atoms with van der Waals surface area (Å²) in [5.74, 6) is 0. The molecule has 0 heterocycles. The summed E-state index contributed by atoms with van der Waals surface area (Å²) >= 11 is 0. The smallest absolute Gasteiger partial charge is 0.194 e. The van der Waals surface area contributed by atoms with Gasteiger partial charge in [-0.2, -0.15) is 0 Å². The summed E-state index contributed by atoms with van der Waals surface area (Å²) in [7, 11) is -1.66. The Balaban J connectivity index is 4.68. The Bertz CT molecular complexity index is 174. The van der Waals surface area contributed by atoms with Crippen molar-refractivity contribution in [3.05, 3.63) is 0 Å². The molecule has 0 aromatic heterocycles. The van der Waals surface area contributed by atoms with Crippen molar-refractivity contribution in [2.75, 3.05) is 0 Å². The first-order valence-corrected chi connectivity index (χ1v) is 8.50. The average molecular weight is 201 g/mol. The predicted octanol–water partition coefficient (Wildman–Crippen LogP) is 3.15. The zero-order valence-electron chi connectivity index (χ0n) is 10.0. The van der Waals surface area contributed by atoms with Gasteiger partial charge < -0.3 is 4.90 Å². The Morgan fingerprint density at radius 1 is 1.00 bits per heavy atom. The van der Waals surface area contributed by atoms with E-state index in [2.05, 4.69) is 47.3 Å². The van der Waals surface area contributed by atoms with Crippen molar-refractivity contribution in [1.29, 1.82) is 0 Å². The van der Waals surface area contributed by atoms with Crippen LogP contribution in [0, 0.1) is 0 Å². The molecule has 0 unspecified atom stereocenters. The lowest BCUT2D eigenvalue weighted by Gasteiger charge is -2.35. The van der Waals surface area contributed by atoms with Crippen molar-refractivity contribution in [3.8, 4) is 0 Å². The van der Waals surface area contributed by atoms with Crippen LogP contribution in [0.2, 0.25) is 19.6 Å². The molecule has 0 atom stereocenters. The second-order valence-electron chi connectivity index (χ2n) is 5.15. The molecule has 0 spiro atoms. The topological polar surface area (TPSA) is 20.3 Å². The van der Waals surface area contributed by atoms with Gasteiger partial charge in [0, 0.05) is 12.1 Å². The fraction of sp³-hybridized carbons (Fsp3) is 0.900. The fourth-order valence-electron chi connectivity index (χ4n) is 1.45. The number of carbonyl (C=O) groups is 1. The second-order valence-corrected chi connectivity index (χ2v) is 10.1.